The molecule has 1 aromatic carbocycles. The van der Waals surface area contributed by atoms with Crippen LogP contribution in [0.2, 0.25) is 0 Å². The summed E-state index contributed by atoms with van der Waals surface area (Å²) < 4.78 is 5.79. The van der Waals surface area contributed by atoms with Crippen LogP contribution >= 0.6 is 15.9 Å². The molecule has 4 rings (SSSR count). The third-order valence-corrected chi connectivity index (χ3v) is 4.90. The first-order chi connectivity index (χ1) is 12.7. The molecule has 3 aromatic rings. The van der Waals surface area contributed by atoms with E-state index < -0.39 is 5.91 Å². The SMILES string of the molecule is O=C1C(Br)=C(c2c[nH]c3ncccc23)C(=O)N1COCc1ccccc1. The predicted molar refractivity (Wildman–Crippen MR) is 99.9 cm³/mol. The molecule has 0 fully saturated rings. The molecular weight excluding hydrogens is 398 g/mol. The van der Waals surface area contributed by atoms with E-state index >= 15 is 0 Å². The minimum Gasteiger partial charge on any atom is -0.356 e. The van der Waals surface area contributed by atoms with Crippen molar-refractivity contribution in [3.63, 3.8) is 0 Å². The Morgan fingerprint density at radius 3 is 2.69 bits per heavy atom. The van der Waals surface area contributed by atoms with Gasteiger partial charge in [0.2, 0.25) is 0 Å². The molecule has 3 heterocycles. The number of hydrogen-bond donors (Lipinski definition) is 1. The lowest BCUT2D eigenvalue weighted by Crippen LogP contribution is -2.33. The molecule has 26 heavy (non-hydrogen) atoms. The molecule has 0 radical (unpaired) electrons. The number of aromatic nitrogens is 2. The Kier molecular flexibility index (Phi) is 4.40. The monoisotopic (exact) mass is 411 g/mol. The number of pyridine rings is 1. The largest absolute Gasteiger partial charge is 0.356 e. The van der Waals surface area contributed by atoms with Crippen molar-refractivity contribution in [1.82, 2.24) is 14.9 Å². The standard InChI is InChI=1S/C19H14BrN3O3/c20-16-15(14-9-22-17-13(14)7-4-8-21-17)18(24)23(19(16)25)11-26-10-12-5-2-1-3-6-12/h1-9H,10-11H2,(H,21,22). The topological polar surface area (TPSA) is 75.3 Å². The number of H-pyrrole nitrogens is 1. The van der Waals surface area contributed by atoms with Crippen molar-refractivity contribution in [2.75, 3.05) is 6.73 Å². The highest BCUT2D eigenvalue weighted by Gasteiger charge is 2.38. The second-order valence-electron chi connectivity index (χ2n) is 5.79. The number of imide groups is 1. The summed E-state index contributed by atoms with van der Waals surface area (Å²) in [7, 11) is 0. The normalized spacial score (nSPS) is 14.7. The fraction of sp³-hybridized carbons (Fsp3) is 0.105. The maximum Gasteiger partial charge on any atom is 0.270 e. The molecule has 0 bridgehead atoms. The zero-order valence-corrected chi connectivity index (χ0v) is 15.2. The molecule has 1 aliphatic rings. The minimum absolute atomic E-state index is 0.105. The molecular formula is C19H14BrN3O3. The van der Waals surface area contributed by atoms with E-state index in [9.17, 15) is 9.59 Å². The van der Waals surface area contributed by atoms with Crippen LogP contribution < -0.4 is 0 Å². The highest BCUT2D eigenvalue weighted by atomic mass is 79.9. The van der Waals surface area contributed by atoms with Crippen molar-refractivity contribution >= 4 is 44.4 Å². The summed E-state index contributed by atoms with van der Waals surface area (Å²) in [6, 6.07) is 13.2. The molecule has 2 amide bonds. The van der Waals surface area contributed by atoms with Gasteiger partial charge in [-0.05, 0) is 33.6 Å². The van der Waals surface area contributed by atoms with Crippen LogP contribution in [0, 0.1) is 0 Å². The van der Waals surface area contributed by atoms with E-state index in [1.807, 2.05) is 36.4 Å². The number of nitrogens with zero attached hydrogens (tertiary/aromatic N) is 2. The fourth-order valence-electron chi connectivity index (χ4n) is 2.89. The van der Waals surface area contributed by atoms with Gasteiger partial charge in [-0.15, -0.1) is 0 Å². The molecule has 6 nitrogen and oxygen atoms in total. The van der Waals surface area contributed by atoms with Gasteiger partial charge in [-0.3, -0.25) is 9.59 Å². The third-order valence-electron chi connectivity index (χ3n) is 4.16. The number of hydrogen-bond acceptors (Lipinski definition) is 4. The average molecular weight is 412 g/mol. The predicted octanol–water partition coefficient (Wildman–Crippen LogP) is 3.21. The van der Waals surface area contributed by atoms with Crippen LogP contribution in [-0.2, 0) is 20.9 Å². The number of carbonyl (C=O) groups is 2. The summed E-state index contributed by atoms with van der Waals surface area (Å²) in [6.45, 7) is 0.216. The second-order valence-corrected chi connectivity index (χ2v) is 6.59. The lowest BCUT2D eigenvalue weighted by molar-refractivity contribution is -0.143. The molecule has 130 valence electrons. The van der Waals surface area contributed by atoms with Gasteiger partial charge >= 0.3 is 0 Å². The number of ether oxygens (including phenoxy) is 1. The van der Waals surface area contributed by atoms with Crippen LogP contribution in [0.15, 0.2) is 59.3 Å². The van der Waals surface area contributed by atoms with E-state index in [4.69, 9.17) is 4.74 Å². The Bertz CT molecular complexity index is 1030. The molecule has 0 saturated heterocycles. The molecule has 1 aliphatic heterocycles. The molecule has 2 aromatic heterocycles. The van der Waals surface area contributed by atoms with Crippen molar-refractivity contribution < 1.29 is 14.3 Å². The van der Waals surface area contributed by atoms with Crippen LogP contribution in [0.1, 0.15) is 11.1 Å². The molecule has 0 unspecified atom stereocenters. The van der Waals surface area contributed by atoms with Crippen molar-refractivity contribution in [3.8, 4) is 0 Å². The first kappa shape index (κ1) is 16.7. The van der Waals surface area contributed by atoms with E-state index in [-0.39, 0.29) is 17.1 Å². The van der Waals surface area contributed by atoms with Gasteiger partial charge in [0.25, 0.3) is 11.8 Å². The first-order valence-corrected chi connectivity index (χ1v) is 8.76. The number of nitrogens with one attached hydrogen (secondary N) is 1. The van der Waals surface area contributed by atoms with Crippen LogP contribution in [0.5, 0.6) is 0 Å². The van der Waals surface area contributed by atoms with E-state index in [0.29, 0.717) is 23.4 Å². The Hall–Kier alpha value is -2.77. The smallest absolute Gasteiger partial charge is 0.270 e. The molecule has 0 aliphatic carbocycles. The van der Waals surface area contributed by atoms with Crippen molar-refractivity contribution in [3.05, 3.63) is 70.5 Å². The van der Waals surface area contributed by atoms with Gasteiger partial charge in [0, 0.05) is 23.3 Å². The van der Waals surface area contributed by atoms with Crippen LogP contribution in [0.4, 0.5) is 0 Å². The Morgan fingerprint density at radius 1 is 1.08 bits per heavy atom. The lowest BCUT2D eigenvalue weighted by Gasteiger charge is -2.15. The second kappa shape index (κ2) is 6.86. The summed E-state index contributed by atoms with van der Waals surface area (Å²) in [5.74, 6) is -0.795. The third kappa shape index (κ3) is 2.85. The van der Waals surface area contributed by atoms with Crippen LogP contribution in [-0.4, -0.2) is 33.4 Å². The average Bonchev–Trinajstić information content (AvgIpc) is 3.17. The van der Waals surface area contributed by atoms with E-state index in [2.05, 4.69) is 25.9 Å². The number of aromatic amines is 1. The van der Waals surface area contributed by atoms with Crippen molar-refractivity contribution in [1.29, 1.82) is 0 Å². The van der Waals surface area contributed by atoms with Gasteiger partial charge in [-0.2, -0.15) is 0 Å². The molecule has 0 spiro atoms. The van der Waals surface area contributed by atoms with Crippen molar-refractivity contribution in [2.45, 2.75) is 6.61 Å². The summed E-state index contributed by atoms with van der Waals surface area (Å²) in [4.78, 5) is 33.6. The quantitative estimate of drug-likeness (QED) is 0.654. The summed E-state index contributed by atoms with van der Waals surface area (Å²) in [6.07, 6.45) is 3.35. The van der Waals surface area contributed by atoms with E-state index in [1.165, 1.54) is 0 Å². The highest BCUT2D eigenvalue weighted by molar-refractivity contribution is 9.12. The number of amides is 2. The van der Waals surface area contributed by atoms with Gasteiger partial charge in [0.05, 0.1) is 16.7 Å². The number of fused-ring (bicyclic) bond motifs is 1. The first-order valence-electron chi connectivity index (χ1n) is 7.97. The molecule has 0 atom stereocenters. The minimum atomic E-state index is -0.406. The van der Waals surface area contributed by atoms with Crippen molar-refractivity contribution in [2.24, 2.45) is 0 Å². The number of benzene rings is 1. The van der Waals surface area contributed by atoms with E-state index in [0.717, 1.165) is 15.8 Å². The highest BCUT2D eigenvalue weighted by Crippen LogP contribution is 2.35. The molecule has 0 saturated carbocycles. The fourth-order valence-corrected chi connectivity index (χ4v) is 3.49. The maximum absolute atomic E-state index is 12.8. The number of halogens is 1. The summed E-state index contributed by atoms with van der Waals surface area (Å²) in [5.41, 5.74) is 2.59. The number of carbonyl (C=O) groups excluding carboxylic acids is 2. The van der Waals surface area contributed by atoms with Gasteiger partial charge in [-0.25, -0.2) is 9.88 Å². The zero-order valence-electron chi connectivity index (χ0n) is 13.6. The molecule has 7 heteroatoms. The summed E-state index contributed by atoms with van der Waals surface area (Å²) >= 11 is 3.27. The summed E-state index contributed by atoms with van der Waals surface area (Å²) in [5, 5.41) is 0.785. The molecule has 1 N–H and O–H groups in total. The van der Waals surface area contributed by atoms with Gasteiger partial charge in [0.15, 0.2) is 0 Å². The van der Waals surface area contributed by atoms with Gasteiger partial charge in [-0.1, -0.05) is 30.3 Å². The van der Waals surface area contributed by atoms with E-state index in [1.54, 1.807) is 18.5 Å². The van der Waals surface area contributed by atoms with Gasteiger partial charge < -0.3 is 9.72 Å². The van der Waals surface area contributed by atoms with Gasteiger partial charge in [0.1, 0.15) is 12.4 Å². The lowest BCUT2D eigenvalue weighted by atomic mass is 10.1. The number of rotatable bonds is 5. The van der Waals surface area contributed by atoms with Crippen LogP contribution in [0.25, 0.3) is 16.6 Å². The Balaban J connectivity index is 1.54. The van der Waals surface area contributed by atoms with Crippen LogP contribution in [0.3, 0.4) is 0 Å². The zero-order chi connectivity index (χ0) is 18.1. The Morgan fingerprint density at radius 2 is 1.88 bits per heavy atom. The maximum atomic E-state index is 12.8. The Labute approximate surface area is 157 Å².